The largest absolute Gasteiger partial charge is 0.318 e. The summed E-state index contributed by atoms with van der Waals surface area (Å²) in [6.45, 7) is 6.21. The fourth-order valence-electron chi connectivity index (χ4n) is 3.13. The number of amides is 1. The summed E-state index contributed by atoms with van der Waals surface area (Å²) in [4.78, 5) is 12.0. The molecule has 0 saturated carbocycles. The van der Waals surface area contributed by atoms with Gasteiger partial charge in [0.15, 0.2) is 0 Å². The molecule has 6 heteroatoms. The standard InChI is InChI=1S/C23H24ClN3OS/c1-16-5-4-6-22(11-16)27-17(2)12-20(18(27)3)13-25-26-23(28)15-29-14-19-7-9-21(24)10-8-19/h4-13H,14-15H2,1-3H3,(H,26,28)/b25-13-. The van der Waals surface area contributed by atoms with Gasteiger partial charge in [0.1, 0.15) is 0 Å². The highest BCUT2D eigenvalue weighted by molar-refractivity contribution is 7.99. The number of carbonyl (C=O) groups excluding carboxylic acids is 1. The molecule has 4 nitrogen and oxygen atoms in total. The van der Waals surface area contributed by atoms with Crippen molar-refractivity contribution in [2.24, 2.45) is 5.10 Å². The molecule has 0 aliphatic carbocycles. The molecule has 150 valence electrons. The van der Waals surface area contributed by atoms with Crippen LogP contribution in [-0.4, -0.2) is 22.4 Å². The average molecular weight is 426 g/mol. The molecule has 1 aromatic heterocycles. The molecule has 0 spiro atoms. The molecule has 1 amide bonds. The average Bonchev–Trinajstić information content (AvgIpc) is 2.97. The summed E-state index contributed by atoms with van der Waals surface area (Å²) in [6, 6.07) is 18.1. The number of halogens is 1. The second-order valence-electron chi connectivity index (χ2n) is 6.91. The molecule has 0 saturated heterocycles. The first-order valence-electron chi connectivity index (χ1n) is 9.34. The lowest BCUT2D eigenvalue weighted by atomic mass is 10.2. The van der Waals surface area contributed by atoms with Crippen LogP contribution in [0.25, 0.3) is 5.69 Å². The van der Waals surface area contributed by atoms with Gasteiger partial charge in [-0.15, -0.1) is 11.8 Å². The van der Waals surface area contributed by atoms with Crippen LogP contribution >= 0.6 is 23.4 Å². The Kier molecular flexibility index (Phi) is 7.18. The van der Waals surface area contributed by atoms with Crippen molar-refractivity contribution in [1.29, 1.82) is 0 Å². The summed E-state index contributed by atoms with van der Waals surface area (Å²) in [5.74, 6) is 0.988. The van der Waals surface area contributed by atoms with Crippen molar-refractivity contribution in [2.45, 2.75) is 26.5 Å². The number of aromatic nitrogens is 1. The topological polar surface area (TPSA) is 46.4 Å². The van der Waals surface area contributed by atoms with Crippen molar-refractivity contribution in [3.63, 3.8) is 0 Å². The maximum absolute atomic E-state index is 12.0. The summed E-state index contributed by atoms with van der Waals surface area (Å²) < 4.78 is 2.19. The van der Waals surface area contributed by atoms with Crippen molar-refractivity contribution in [3.05, 3.63) is 87.7 Å². The minimum atomic E-state index is -0.118. The van der Waals surface area contributed by atoms with Crippen LogP contribution in [0.1, 0.15) is 28.1 Å². The summed E-state index contributed by atoms with van der Waals surface area (Å²) in [6.07, 6.45) is 1.70. The summed E-state index contributed by atoms with van der Waals surface area (Å²) in [5, 5.41) is 4.85. The molecule has 1 heterocycles. The minimum absolute atomic E-state index is 0.118. The second kappa shape index (κ2) is 9.81. The highest BCUT2D eigenvalue weighted by Crippen LogP contribution is 2.20. The minimum Gasteiger partial charge on any atom is -0.318 e. The van der Waals surface area contributed by atoms with E-state index < -0.39 is 0 Å². The maximum atomic E-state index is 12.0. The zero-order chi connectivity index (χ0) is 20.8. The van der Waals surface area contributed by atoms with Crippen LogP contribution in [0.2, 0.25) is 5.02 Å². The predicted molar refractivity (Wildman–Crippen MR) is 123 cm³/mol. The number of hydrogen-bond donors (Lipinski definition) is 1. The zero-order valence-electron chi connectivity index (χ0n) is 16.8. The summed E-state index contributed by atoms with van der Waals surface area (Å²) in [5.41, 5.74) is 9.29. The SMILES string of the molecule is Cc1cccc(-n2c(C)cc(/C=N\NC(=O)CSCc3ccc(Cl)cc3)c2C)c1. The van der Waals surface area contributed by atoms with Gasteiger partial charge in [-0.05, 0) is 62.2 Å². The molecular weight excluding hydrogens is 402 g/mol. The molecule has 0 aliphatic heterocycles. The van der Waals surface area contributed by atoms with Crippen LogP contribution in [-0.2, 0) is 10.5 Å². The van der Waals surface area contributed by atoms with Gasteiger partial charge in [0.2, 0.25) is 5.91 Å². The molecule has 29 heavy (non-hydrogen) atoms. The third-order valence-corrected chi connectivity index (χ3v) is 5.79. The molecule has 3 aromatic rings. The molecule has 0 atom stereocenters. The van der Waals surface area contributed by atoms with E-state index in [4.69, 9.17) is 11.6 Å². The van der Waals surface area contributed by atoms with Gasteiger partial charge in [-0.3, -0.25) is 4.79 Å². The van der Waals surface area contributed by atoms with Crippen LogP contribution in [0.3, 0.4) is 0 Å². The van der Waals surface area contributed by atoms with Crippen molar-refractivity contribution >= 4 is 35.5 Å². The number of nitrogens with zero attached hydrogens (tertiary/aromatic N) is 2. The molecule has 0 unspecified atom stereocenters. The highest BCUT2D eigenvalue weighted by atomic mass is 35.5. The number of hydrogen-bond acceptors (Lipinski definition) is 3. The van der Waals surface area contributed by atoms with E-state index in [9.17, 15) is 4.79 Å². The Morgan fingerprint density at radius 1 is 1.14 bits per heavy atom. The number of thioether (sulfide) groups is 1. The predicted octanol–water partition coefficient (Wildman–Crippen LogP) is 5.44. The van der Waals surface area contributed by atoms with E-state index in [0.29, 0.717) is 10.8 Å². The van der Waals surface area contributed by atoms with Gasteiger partial charge in [0.25, 0.3) is 0 Å². The first kappa shape index (κ1) is 21.2. The van der Waals surface area contributed by atoms with Crippen molar-refractivity contribution in [3.8, 4) is 5.69 Å². The molecule has 2 aromatic carbocycles. The van der Waals surface area contributed by atoms with Gasteiger partial charge in [0, 0.05) is 33.4 Å². The first-order valence-corrected chi connectivity index (χ1v) is 10.9. The smallest absolute Gasteiger partial charge is 0.250 e. The van der Waals surface area contributed by atoms with E-state index in [1.54, 1.807) is 18.0 Å². The van der Waals surface area contributed by atoms with Gasteiger partial charge in [-0.1, -0.05) is 35.9 Å². The van der Waals surface area contributed by atoms with E-state index in [2.05, 4.69) is 66.2 Å². The summed E-state index contributed by atoms with van der Waals surface area (Å²) in [7, 11) is 0. The molecule has 0 bridgehead atoms. The number of rotatable bonds is 7. The van der Waals surface area contributed by atoms with Crippen molar-refractivity contribution in [2.75, 3.05) is 5.75 Å². The lowest BCUT2D eigenvalue weighted by Gasteiger charge is -2.10. The van der Waals surface area contributed by atoms with E-state index in [1.165, 1.54) is 5.56 Å². The Labute approximate surface area is 181 Å². The van der Waals surface area contributed by atoms with E-state index in [-0.39, 0.29) is 5.91 Å². The molecule has 1 N–H and O–H groups in total. The number of benzene rings is 2. The van der Waals surface area contributed by atoms with Gasteiger partial charge >= 0.3 is 0 Å². The Bertz CT molecular complexity index is 1030. The fourth-order valence-corrected chi connectivity index (χ4v) is 4.04. The van der Waals surface area contributed by atoms with Gasteiger partial charge in [0.05, 0.1) is 12.0 Å². The van der Waals surface area contributed by atoms with Crippen molar-refractivity contribution < 1.29 is 4.79 Å². The molecule has 0 aliphatic rings. The number of carbonyl (C=O) groups is 1. The molecule has 0 fully saturated rings. The first-order chi connectivity index (χ1) is 13.9. The van der Waals surface area contributed by atoms with Crippen LogP contribution in [0.15, 0.2) is 59.7 Å². The Balaban J connectivity index is 1.55. The molecule has 0 radical (unpaired) electrons. The van der Waals surface area contributed by atoms with E-state index >= 15 is 0 Å². The van der Waals surface area contributed by atoms with Gasteiger partial charge in [-0.2, -0.15) is 5.10 Å². The number of aryl methyl sites for hydroxylation is 2. The lowest BCUT2D eigenvalue weighted by molar-refractivity contribution is -0.118. The summed E-state index contributed by atoms with van der Waals surface area (Å²) >= 11 is 7.42. The third-order valence-electron chi connectivity index (χ3n) is 4.54. The van der Waals surface area contributed by atoms with Crippen LogP contribution in [0, 0.1) is 20.8 Å². The van der Waals surface area contributed by atoms with Gasteiger partial charge in [-0.25, -0.2) is 5.43 Å². The zero-order valence-corrected chi connectivity index (χ0v) is 18.3. The molecular formula is C23H24ClN3OS. The highest BCUT2D eigenvalue weighted by Gasteiger charge is 2.09. The monoisotopic (exact) mass is 425 g/mol. The van der Waals surface area contributed by atoms with Gasteiger partial charge < -0.3 is 4.57 Å². The van der Waals surface area contributed by atoms with Crippen LogP contribution < -0.4 is 5.43 Å². The van der Waals surface area contributed by atoms with E-state index in [0.717, 1.165) is 34.0 Å². The number of hydrazone groups is 1. The number of nitrogens with one attached hydrogen (secondary N) is 1. The Morgan fingerprint density at radius 3 is 2.62 bits per heavy atom. The maximum Gasteiger partial charge on any atom is 0.250 e. The Morgan fingerprint density at radius 2 is 1.90 bits per heavy atom. The Hall–Kier alpha value is -2.50. The van der Waals surface area contributed by atoms with Crippen molar-refractivity contribution in [1.82, 2.24) is 9.99 Å². The lowest BCUT2D eigenvalue weighted by Crippen LogP contribution is -2.19. The second-order valence-corrected chi connectivity index (χ2v) is 8.34. The normalized spacial score (nSPS) is 11.2. The quantitative estimate of drug-likeness (QED) is 0.404. The molecule has 3 rings (SSSR count). The van der Waals surface area contributed by atoms with Crippen LogP contribution in [0.5, 0.6) is 0 Å². The third kappa shape index (κ3) is 5.75. The van der Waals surface area contributed by atoms with Crippen LogP contribution in [0.4, 0.5) is 0 Å². The fraction of sp³-hybridized carbons (Fsp3) is 0.217. The van der Waals surface area contributed by atoms with E-state index in [1.807, 2.05) is 24.3 Å².